The lowest BCUT2D eigenvalue weighted by Gasteiger charge is -2.36. The van der Waals surface area contributed by atoms with Gasteiger partial charge in [-0.1, -0.05) is 48.5 Å². The Bertz CT molecular complexity index is 1270. The number of rotatable bonds is 3. The van der Waals surface area contributed by atoms with Gasteiger partial charge in [-0.2, -0.15) is 5.10 Å². The van der Waals surface area contributed by atoms with Crippen molar-refractivity contribution in [1.82, 2.24) is 19.7 Å². The molecule has 2 aliphatic heterocycles. The number of nitrogens with zero attached hydrogens (tertiary/aromatic N) is 6. The van der Waals surface area contributed by atoms with Crippen LogP contribution in [-0.4, -0.2) is 51.7 Å². The number of hydrogen-bond donors (Lipinski definition) is 1. The molecule has 33 heavy (non-hydrogen) atoms. The minimum atomic E-state index is 0.700. The van der Waals surface area contributed by atoms with Gasteiger partial charge < -0.3 is 15.1 Å². The third-order valence-electron chi connectivity index (χ3n) is 6.19. The summed E-state index contributed by atoms with van der Waals surface area (Å²) in [5.74, 6) is 2.99. The van der Waals surface area contributed by atoms with Crippen molar-refractivity contribution in [3.05, 3.63) is 96.3 Å². The number of benzene rings is 2. The highest BCUT2D eigenvalue weighted by Gasteiger charge is 2.28. The average molecular weight is 436 g/mol. The van der Waals surface area contributed by atoms with Gasteiger partial charge in [-0.05, 0) is 29.8 Å². The summed E-state index contributed by atoms with van der Waals surface area (Å²) in [6, 6.07) is 24.7. The van der Waals surface area contributed by atoms with E-state index in [9.17, 15) is 0 Å². The first-order valence-corrected chi connectivity index (χ1v) is 11.3. The maximum absolute atomic E-state index is 5.11. The Hall–Kier alpha value is -4.13. The molecule has 7 heteroatoms. The highest BCUT2D eigenvalue weighted by Crippen LogP contribution is 2.35. The molecule has 0 amide bonds. The normalized spacial score (nSPS) is 15.2. The SMILES string of the molecule is c1ccc(Cn2ncc3c2Nc2ccccc2N=C3N2CCN(c3ccccn3)CC2)cc1. The van der Waals surface area contributed by atoms with E-state index in [1.54, 1.807) is 0 Å². The second kappa shape index (κ2) is 8.43. The summed E-state index contributed by atoms with van der Waals surface area (Å²) in [5, 5.41) is 8.36. The van der Waals surface area contributed by atoms with Gasteiger partial charge in [0.2, 0.25) is 0 Å². The lowest BCUT2D eigenvalue weighted by atomic mass is 10.2. The van der Waals surface area contributed by atoms with Crippen molar-refractivity contribution in [2.45, 2.75) is 6.54 Å². The molecule has 0 unspecified atom stereocenters. The zero-order valence-corrected chi connectivity index (χ0v) is 18.3. The van der Waals surface area contributed by atoms with E-state index in [-0.39, 0.29) is 0 Å². The lowest BCUT2D eigenvalue weighted by Crippen LogP contribution is -2.49. The van der Waals surface area contributed by atoms with Crippen molar-refractivity contribution in [2.75, 3.05) is 36.4 Å². The maximum Gasteiger partial charge on any atom is 0.142 e. The molecule has 0 spiro atoms. The zero-order valence-electron chi connectivity index (χ0n) is 18.3. The van der Waals surface area contributed by atoms with Crippen LogP contribution in [0.25, 0.3) is 0 Å². The Morgan fingerprint density at radius 1 is 0.788 bits per heavy atom. The first-order chi connectivity index (χ1) is 16.3. The van der Waals surface area contributed by atoms with Gasteiger partial charge in [0.05, 0.1) is 29.7 Å². The number of fused-ring (bicyclic) bond motifs is 2. The molecule has 6 rings (SSSR count). The number of nitrogens with one attached hydrogen (secondary N) is 1. The second-order valence-corrected chi connectivity index (χ2v) is 8.29. The van der Waals surface area contributed by atoms with E-state index in [4.69, 9.17) is 10.1 Å². The van der Waals surface area contributed by atoms with Crippen LogP contribution in [0.3, 0.4) is 0 Å². The minimum absolute atomic E-state index is 0.700. The van der Waals surface area contributed by atoms with E-state index in [0.717, 1.165) is 60.6 Å². The molecule has 0 bridgehead atoms. The Kier molecular flexibility index (Phi) is 4.99. The molecular formula is C26H25N7. The largest absolute Gasteiger partial charge is 0.353 e. The Morgan fingerprint density at radius 3 is 2.36 bits per heavy atom. The Labute approximate surface area is 193 Å². The fourth-order valence-electron chi connectivity index (χ4n) is 4.47. The van der Waals surface area contributed by atoms with Crippen LogP contribution in [0.2, 0.25) is 0 Å². The van der Waals surface area contributed by atoms with Crippen LogP contribution in [0, 0.1) is 0 Å². The van der Waals surface area contributed by atoms with E-state index >= 15 is 0 Å². The summed E-state index contributed by atoms with van der Waals surface area (Å²) in [7, 11) is 0. The molecule has 0 radical (unpaired) electrons. The number of pyridine rings is 1. The average Bonchev–Trinajstić information content (AvgIpc) is 3.17. The minimum Gasteiger partial charge on any atom is -0.353 e. The molecule has 4 heterocycles. The summed E-state index contributed by atoms with van der Waals surface area (Å²) >= 11 is 0. The van der Waals surface area contributed by atoms with Gasteiger partial charge in [0.1, 0.15) is 17.5 Å². The molecule has 0 saturated carbocycles. The predicted octanol–water partition coefficient (Wildman–Crippen LogP) is 4.28. The molecule has 2 aromatic carbocycles. The first-order valence-electron chi connectivity index (χ1n) is 11.3. The number of aliphatic imine (C=N–C) groups is 1. The van der Waals surface area contributed by atoms with Crippen LogP contribution in [0.4, 0.5) is 23.0 Å². The Morgan fingerprint density at radius 2 is 1.55 bits per heavy atom. The van der Waals surface area contributed by atoms with Crippen LogP contribution in [0.15, 0.2) is 90.2 Å². The molecule has 0 aliphatic carbocycles. The van der Waals surface area contributed by atoms with Crippen molar-refractivity contribution in [3.8, 4) is 0 Å². The van der Waals surface area contributed by atoms with E-state index < -0.39 is 0 Å². The Balaban J connectivity index is 1.33. The lowest BCUT2D eigenvalue weighted by molar-refractivity contribution is 0.385. The number of aromatic nitrogens is 3. The first kappa shape index (κ1) is 19.5. The number of para-hydroxylation sites is 2. The van der Waals surface area contributed by atoms with Crippen LogP contribution < -0.4 is 10.2 Å². The predicted molar refractivity (Wildman–Crippen MR) is 132 cm³/mol. The number of anilines is 3. The quantitative estimate of drug-likeness (QED) is 0.520. The standard InChI is InChI=1S/C26H25N7/c1-2-8-20(9-3-1)19-33-26-21(18-28-33)25(29-22-10-4-5-11-23(22)30-26)32-16-14-31(15-17-32)24-12-6-7-13-27-24/h1-13,18,30H,14-17,19H2. The van der Waals surface area contributed by atoms with Crippen molar-refractivity contribution in [1.29, 1.82) is 0 Å². The topological polar surface area (TPSA) is 61.6 Å². The molecule has 0 atom stereocenters. The molecule has 1 saturated heterocycles. The van der Waals surface area contributed by atoms with Gasteiger partial charge in [-0.15, -0.1) is 0 Å². The molecule has 4 aromatic rings. The highest BCUT2D eigenvalue weighted by molar-refractivity contribution is 6.07. The van der Waals surface area contributed by atoms with Crippen molar-refractivity contribution in [2.24, 2.45) is 4.99 Å². The van der Waals surface area contributed by atoms with Crippen molar-refractivity contribution >= 4 is 28.8 Å². The molecular weight excluding hydrogens is 410 g/mol. The van der Waals surface area contributed by atoms with Gasteiger partial charge >= 0.3 is 0 Å². The summed E-state index contributed by atoms with van der Waals surface area (Å²) in [6.45, 7) is 4.25. The second-order valence-electron chi connectivity index (χ2n) is 8.29. The van der Waals surface area contributed by atoms with Crippen molar-refractivity contribution in [3.63, 3.8) is 0 Å². The third kappa shape index (κ3) is 3.82. The van der Waals surface area contributed by atoms with Gasteiger partial charge in [0, 0.05) is 32.4 Å². The fourth-order valence-corrected chi connectivity index (χ4v) is 4.47. The zero-order chi connectivity index (χ0) is 22.0. The van der Waals surface area contributed by atoms with E-state index in [0.29, 0.717) is 6.54 Å². The molecule has 2 aromatic heterocycles. The van der Waals surface area contributed by atoms with Crippen LogP contribution in [0.1, 0.15) is 11.1 Å². The number of hydrogen-bond acceptors (Lipinski definition) is 6. The van der Waals surface area contributed by atoms with Crippen LogP contribution in [0.5, 0.6) is 0 Å². The summed E-state index contributed by atoms with van der Waals surface area (Å²) in [6.07, 6.45) is 3.80. The van der Waals surface area contributed by atoms with Gasteiger partial charge in [0.15, 0.2) is 0 Å². The summed E-state index contributed by atoms with van der Waals surface area (Å²) in [4.78, 5) is 14.3. The van der Waals surface area contributed by atoms with E-state index in [2.05, 4.69) is 62.6 Å². The summed E-state index contributed by atoms with van der Waals surface area (Å²) < 4.78 is 2.03. The monoisotopic (exact) mass is 435 g/mol. The van der Waals surface area contributed by atoms with Gasteiger partial charge in [0.25, 0.3) is 0 Å². The molecule has 7 nitrogen and oxygen atoms in total. The van der Waals surface area contributed by atoms with Gasteiger partial charge in [-0.3, -0.25) is 0 Å². The molecule has 2 aliphatic rings. The van der Waals surface area contributed by atoms with Gasteiger partial charge in [-0.25, -0.2) is 14.7 Å². The molecule has 164 valence electrons. The smallest absolute Gasteiger partial charge is 0.142 e. The third-order valence-corrected chi connectivity index (χ3v) is 6.19. The maximum atomic E-state index is 5.11. The highest BCUT2D eigenvalue weighted by atomic mass is 15.4. The number of amidine groups is 1. The van der Waals surface area contributed by atoms with Crippen LogP contribution >= 0.6 is 0 Å². The van der Waals surface area contributed by atoms with E-state index in [1.165, 1.54) is 5.56 Å². The number of piperazine rings is 1. The van der Waals surface area contributed by atoms with E-state index in [1.807, 2.05) is 47.4 Å². The molecule has 1 fully saturated rings. The van der Waals surface area contributed by atoms with Crippen LogP contribution in [-0.2, 0) is 6.54 Å². The fraction of sp³-hybridized carbons (Fsp3) is 0.192. The summed E-state index contributed by atoms with van der Waals surface area (Å²) in [5.41, 5.74) is 4.19. The van der Waals surface area contributed by atoms with Crippen molar-refractivity contribution < 1.29 is 0 Å². The molecule has 1 N–H and O–H groups in total.